The molecule has 0 spiro atoms. The summed E-state index contributed by atoms with van der Waals surface area (Å²) >= 11 is 0. The number of β-amino-alcohol motifs (C(OH)–C–C–N with tert-alkyl or cyclic N) is 1. The Labute approximate surface area is 103 Å². The van der Waals surface area contributed by atoms with Gasteiger partial charge in [-0.25, -0.2) is 0 Å². The van der Waals surface area contributed by atoms with Gasteiger partial charge in [0, 0.05) is 13.1 Å². The zero-order valence-corrected chi connectivity index (χ0v) is 10.7. The molecule has 1 aliphatic carbocycles. The number of carbonyl (C=O) groups is 1. The van der Waals surface area contributed by atoms with Crippen LogP contribution in [-0.2, 0) is 4.79 Å². The molecule has 0 aromatic carbocycles. The number of rotatable bonds is 3. The van der Waals surface area contributed by atoms with Crippen LogP contribution in [0, 0.1) is 5.41 Å². The Balaban J connectivity index is 1.75. The van der Waals surface area contributed by atoms with Crippen LogP contribution < -0.4 is 10.6 Å². The molecule has 2 atom stereocenters. The monoisotopic (exact) mass is 240 g/mol. The molecule has 3 N–H and O–H groups in total. The molecule has 0 bridgehead atoms. The lowest BCUT2D eigenvalue weighted by molar-refractivity contribution is -0.123. The zero-order valence-electron chi connectivity index (χ0n) is 10.7. The van der Waals surface area contributed by atoms with Crippen molar-refractivity contribution in [2.75, 3.05) is 13.1 Å². The van der Waals surface area contributed by atoms with Crippen molar-refractivity contribution < 1.29 is 9.90 Å². The fraction of sp³-hybridized carbons (Fsp3) is 0.923. The lowest BCUT2D eigenvalue weighted by Gasteiger charge is -2.34. The van der Waals surface area contributed by atoms with Gasteiger partial charge in [0.2, 0.25) is 5.91 Å². The fourth-order valence-electron chi connectivity index (χ4n) is 2.92. The number of nitrogens with one attached hydrogen (secondary N) is 2. The van der Waals surface area contributed by atoms with Crippen molar-refractivity contribution in [2.45, 2.75) is 57.6 Å². The summed E-state index contributed by atoms with van der Waals surface area (Å²) in [6.45, 7) is 3.58. The maximum Gasteiger partial charge on any atom is 0.237 e. The molecule has 1 heterocycles. The molecular weight excluding hydrogens is 216 g/mol. The maximum atomic E-state index is 11.9. The van der Waals surface area contributed by atoms with Crippen LogP contribution in [0.1, 0.15) is 45.4 Å². The van der Waals surface area contributed by atoms with Crippen molar-refractivity contribution in [1.82, 2.24) is 10.6 Å². The summed E-state index contributed by atoms with van der Waals surface area (Å²) in [6.07, 6.45) is 6.51. The molecular formula is C13H24N2O2. The molecule has 2 unspecified atom stereocenters. The quantitative estimate of drug-likeness (QED) is 0.683. The molecule has 1 saturated heterocycles. The molecule has 1 saturated carbocycles. The topological polar surface area (TPSA) is 61.4 Å². The van der Waals surface area contributed by atoms with Gasteiger partial charge in [-0.1, -0.05) is 26.2 Å². The van der Waals surface area contributed by atoms with E-state index in [9.17, 15) is 9.90 Å². The van der Waals surface area contributed by atoms with Crippen LogP contribution in [0.25, 0.3) is 0 Å². The van der Waals surface area contributed by atoms with Crippen molar-refractivity contribution in [2.24, 2.45) is 5.41 Å². The van der Waals surface area contributed by atoms with Crippen molar-refractivity contribution in [1.29, 1.82) is 0 Å². The number of aliphatic hydroxyl groups is 1. The molecule has 4 nitrogen and oxygen atoms in total. The zero-order chi connectivity index (χ0) is 12.3. The van der Waals surface area contributed by atoms with Gasteiger partial charge in [-0.2, -0.15) is 0 Å². The number of hydrogen-bond donors (Lipinski definition) is 3. The van der Waals surface area contributed by atoms with E-state index in [-0.39, 0.29) is 23.5 Å². The number of aliphatic hydroxyl groups excluding tert-OH is 1. The lowest BCUT2D eigenvalue weighted by Crippen LogP contribution is -2.45. The van der Waals surface area contributed by atoms with E-state index in [0.717, 1.165) is 6.54 Å². The van der Waals surface area contributed by atoms with Gasteiger partial charge in [0.15, 0.2) is 0 Å². The number of hydrogen-bond acceptors (Lipinski definition) is 3. The van der Waals surface area contributed by atoms with Gasteiger partial charge in [0.1, 0.15) is 0 Å². The van der Waals surface area contributed by atoms with Crippen LogP contribution in [0.15, 0.2) is 0 Å². The van der Waals surface area contributed by atoms with E-state index >= 15 is 0 Å². The first-order valence-electron chi connectivity index (χ1n) is 6.78. The second kappa shape index (κ2) is 5.36. The first-order chi connectivity index (χ1) is 8.09. The van der Waals surface area contributed by atoms with Gasteiger partial charge < -0.3 is 15.7 Å². The van der Waals surface area contributed by atoms with Crippen molar-refractivity contribution >= 4 is 5.91 Å². The van der Waals surface area contributed by atoms with E-state index in [1.165, 1.54) is 32.1 Å². The summed E-state index contributed by atoms with van der Waals surface area (Å²) < 4.78 is 0. The molecule has 2 aliphatic rings. The van der Waals surface area contributed by atoms with E-state index in [2.05, 4.69) is 17.6 Å². The smallest absolute Gasteiger partial charge is 0.237 e. The van der Waals surface area contributed by atoms with Gasteiger partial charge in [-0.15, -0.1) is 0 Å². The highest BCUT2D eigenvalue weighted by Gasteiger charge is 2.31. The Bertz CT molecular complexity index is 275. The van der Waals surface area contributed by atoms with Gasteiger partial charge in [0.05, 0.1) is 12.1 Å². The van der Waals surface area contributed by atoms with E-state index < -0.39 is 0 Å². The van der Waals surface area contributed by atoms with E-state index in [0.29, 0.717) is 13.0 Å². The predicted octanol–water partition coefficient (Wildman–Crippen LogP) is 0.796. The van der Waals surface area contributed by atoms with Gasteiger partial charge >= 0.3 is 0 Å². The van der Waals surface area contributed by atoms with Crippen molar-refractivity contribution in [3.8, 4) is 0 Å². The summed E-state index contributed by atoms with van der Waals surface area (Å²) in [6, 6.07) is -0.197. The largest absolute Gasteiger partial charge is 0.392 e. The van der Waals surface area contributed by atoms with E-state index in [1.807, 2.05) is 0 Å². The minimum atomic E-state index is -0.365. The van der Waals surface area contributed by atoms with Gasteiger partial charge in [-0.3, -0.25) is 4.79 Å². The normalized spacial score (nSPS) is 32.4. The molecule has 4 heteroatoms. The highest BCUT2D eigenvalue weighted by Crippen LogP contribution is 2.34. The van der Waals surface area contributed by atoms with Crippen LogP contribution in [0.3, 0.4) is 0 Å². The third-order valence-electron chi connectivity index (χ3n) is 4.17. The van der Waals surface area contributed by atoms with Crippen LogP contribution in [0.4, 0.5) is 0 Å². The van der Waals surface area contributed by atoms with E-state index in [1.54, 1.807) is 0 Å². The second-order valence-electron chi connectivity index (χ2n) is 5.94. The summed E-state index contributed by atoms with van der Waals surface area (Å²) in [4.78, 5) is 11.9. The standard InChI is InChI=1S/C13H24N2O2/c1-13(5-3-2-4-6-13)9-15-12(17)11-7-10(16)8-14-11/h10-11,14,16H,2-9H2,1H3,(H,15,17). The molecule has 0 aromatic heterocycles. The molecule has 1 amide bonds. The Morgan fingerprint density at radius 2 is 2.12 bits per heavy atom. The Kier molecular flexibility index (Phi) is 4.05. The molecule has 0 aromatic rings. The molecule has 98 valence electrons. The number of carbonyl (C=O) groups excluding carboxylic acids is 1. The van der Waals surface area contributed by atoms with Gasteiger partial charge in [-0.05, 0) is 24.7 Å². The molecule has 0 radical (unpaired) electrons. The van der Waals surface area contributed by atoms with Crippen LogP contribution >= 0.6 is 0 Å². The molecule has 2 fully saturated rings. The number of amides is 1. The average molecular weight is 240 g/mol. The maximum absolute atomic E-state index is 11.9. The second-order valence-corrected chi connectivity index (χ2v) is 5.94. The highest BCUT2D eigenvalue weighted by atomic mass is 16.3. The van der Waals surface area contributed by atoms with Crippen LogP contribution in [0.2, 0.25) is 0 Å². The molecule has 2 rings (SSSR count). The van der Waals surface area contributed by atoms with Crippen LogP contribution in [-0.4, -0.2) is 36.2 Å². The minimum Gasteiger partial charge on any atom is -0.392 e. The first-order valence-corrected chi connectivity index (χ1v) is 6.78. The molecule has 17 heavy (non-hydrogen) atoms. The van der Waals surface area contributed by atoms with Crippen LogP contribution in [0.5, 0.6) is 0 Å². The molecule has 1 aliphatic heterocycles. The van der Waals surface area contributed by atoms with Crippen molar-refractivity contribution in [3.05, 3.63) is 0 Å². The summed E-state index contributed by atoms with van der Waals surface area (Å²) in [5, 5.41) is 15.5. The Hall–Kier alpha value is -0.610. The third-order valence-corrected chi connectivity index (χ3v) is 4.17. The SMILES string of the molecule is CC1(CNC(=O)C2CC(O)CN2)CCCCC1. The van der Waals surface area contributed by atoms with E-state index in [4.69, 9.17) is 0 Å². The minimum absolute atomic E-state index is 0.0494. The first kappa shape index (κ1) is 12.8. The van der Waals surface area contributed by atoms with Crippen molar-refractivity contribution in [3.63, 3.8) is 0 Å². The predicted molar refractivity (Wildman–Crippen MR) is 66.6 cm³/mol. The summed E-state index contributed by atoms with van der Waals surface area (Å²) in [7, 11) is 0. The highest BCUT2D eigenvalue weighted by molar-refractivity contribution is 5.82. The fourth-order valence-corrected chi connectivity index (χ4v) is 2.92. The average Bonchev–Trinajstić information content (AvgIpc) is 2.74. The van der Waals surface area contributed by atoms with Gasteiger partial charge in [0.25, 0.3) is 0 Å². The Morgan fingerprint density at radius 1 is 1.41 bits per heavy atom. The third kappa shape index (κ3) is 3.42. The summed E-state index contributed by atoms with van der Waals surface area (Å²) in [5.74, 6) is 0.0494. The summed E-state index contributed by atoms with van der Waals surface area (Å²) in [5.41, 5.74) is 0.283. The Morgan fingerprint density at radius 3 is 2.71 bits per heavy atom. The lowest BCUT2D eigenvalue weighted by atomic mass is 9.76.